The highest BCUT2D eigenvalue weighted by molar-refractivity contribution is 5.85. The lowest BCUT2D eigenvalue weighted by Crippen LogP contribution is -2.44. The van der Waals surface area contributed by atoms with Crippen molar-refractivity contribution in [1.82, 2.24) is 10.6 Å². The minimum atomic E-state index is -0.333. The fraction of sp³-hybridized carbons (Fsp3) is 0.529. The zero-order chi connectivity index (χ0) is 16.7. The first-order chi connectivity index (χ1) is 11.1. The van der Waals surface area contributed by atoms with Crippen molar-refractivity contribution in [2.24, 2.45) is 5.73 Å². The normalized spacial score (nSPS) is 15.2. The van der Waals surface area contributed by atoms with Crippen LogP contribution in [0, 0.1) is 0 Å². The molecule has 4 N–H and O–H groups in total. The molecule has 0 atom stereocenters. The zero-order valence-corrected chi connectivity index (χ0v) is 14.8. The highest BCUT2D eigenvalue weighted by Crippen LogP contribution is 2.44. The van der Waals surface area contributed by atoms with Crippen molar-refractivity contribution in [3.8, 4) is 5.75 Å². The number of rotatable bonds is 7. The van der Waals surface area contributed by atoms with Crippen LogP contribution < -0.4 is 21.1 Å². The Morgan fingerprint density at radius 3 is 2.46 bits per heavy atom. The van der Waals surface area contributed by atoms with Crippen molar-refractivity contribution < 1.29 is 14.3 Å². The standard InChI is InChI=1S/C17H25N3O3.ClH/c1-23-14-7-3-2-6-13(14)17(8-4-5-9-17)12-20-16(22)11-19-15(21)10-18;/h2-3,6-7H,4-5,8-12,18H2,1H3,(H,19,21)(H,20,22);1H. The zero-order valence-electron chi connectivity index (χ0n) is 14.0. The molecule has 0 spiro atoms. The molecule has 2 amide bonds. The summed E-state index contributed by atoms with van der Waals surface area (Å²) < 4.78 is 5.50. The van der Waals surface area contributed by atoms with Crippen molar-refractivity contribution in [2.45, 2.75) is 31.1 Å². The number of ether oxygens (including phenoxy) is 1. The number of carbonyl (C=O) groups excluding carboxylic acids is 2. The van der Waals surface area contributed by atoms with Gasteiger partial charge in [-0.2, -0.15) is 0 Å². The minimum Gasteiger partial charge on any atom is -0.496 e. The third-order valence-electron chi connectivity index (χ3n) is 4.49. The third kappa shape index (κ3) is 4.85. The molecule has 1 saturated carbocycles. The van der Waals surface area contributed by atoms with Crippen LogP contribution in [0.25, 0.3) is 0 Å². The largest absolute Gasteiger partial charge is 0.496 e. The molecule has 1 aromatic carbocycles. The third-order valence-corrected chi connectivity index (χ3v) is 4.49. The van der Waals surface area contributed by atoms with Gasteiger partial charge in [0, 0.05) is 17.5 Å². The first-order valence-electron chi connectivity index (χ1n) is 7.98. The van der Waals surface area contributed by atoms with Crippen LogP contribution in [0.15, 0.2) is 24.3 Å². The molecule has 1 aliphatic rings. The van der Waals surface area contributed by atoms with Crippen LogP contribution in [0.3, 0.4) is 0 Å². The predicted molar refractivity (Wildman–Crippen MR) is 95.5 cm³/mol. The number of methoxy groups -OCH3 is 1. The first kappa shape index (κ1) is 20.3. The van der Waals surface area contributed by atoms with Gasteiger partial charge in [-0.05, 0) is 18.9 Å². The van der Waals surface area contributed by atoms with Crippen molar-refractivity contribution >= 4 is 24.2 Å². The molecule has 0 bridgehead atoms. The van der Waals surface area contributed by atoms with E-state index in [-0.39, 0.29) is 42.7 Å². The molecule has 0 aliphatic heterocycles. The van der Waals surface area contributed by atoms with Gasteiger partial charge in [0.15, 0.2) is 0 Å². The van der Waals surface area contributed by atoms with Gasteiger partial charge in [0.2, 0.25) is 11.8 Å². The lowest BCUT2D eigenvalue weighted by molar-refractivity contribution is -0.125. The number of hydrogen-bond acceptors (Lipinski definition) is 4. The summed E-state index contributed by atoms with van der Waals surface area (Å²) >= 11 is 0. The SMILES string of the molecule is COc1ccccc1C1(CNC(=O)CNC(=O)CN)CCCC1.Cl. The fourth-order valence-electron chi connectivity index (χ4n) is 3.26. The monoisotopic (exact) mass is 355 g/mol. The van der Waals surface area contributed by atoms with Crippen LogP contribution in [0.4, 0.5) is 0 Å². The summed E-state index contributed by atoms with van der Waals surface area (Å²) in [6.45, 7) is 0.390. The Hall–Kier alpha value is -1.79. The summed E-state index contributed by atoms with van der Waals surface area (Å²) in [6, 6.07) is 7.98. The number of hydrogen-bond donors (Lipinski definition) is 3. The molecule has 6 nitrogen and oxygen atoms in total. The Labute approximate surface area is 148 Å². The number of halogens is 1. The van der Waals surface area contributed by atoms with E-state index in [0.717, 1.165) is 37.0 Å². The molecular weight excluding hydrogens is 330 g/mol. The summed E-state index contributed by atoms with van der Waals surface area (Å²) in [4.78, 5) is 23.1. The quantitative estimate of drug-likeness (QED) is 0.683. The number of carbonyl (C=O) groups is 2. The van der Waals surface area contributed by atoms with Gasteiger partial charge in [0.05, 0.1) is 20.2 Å². The van der Waals surface area contributed by atoms with Gasteiger partial charge in [0.1, 0.15) is 5.75 Å². The molecule has 0 unspecified atom stereocenters. The lowest BCUT2D eigenvalue weighted by Gasteiger charge is -2.31. The Bertz CT molecular complexity index is 560. The predicted octanol–water partition coefficient (Wildman–Crippen LogP) is 1.12. The number of nitrogens with one attached hydrogen (secondary N) is 2. The minimum absolute atomic E-state index is 0. The maximum atomic E-state index is 12.0. The molecular formula is C17H26ClN3O3. The van der Waals surface area contributed by atoms with Crippen LogP contribution in [-0.4, -0.2) is 38.6 Å². The second-order valence-corrected chi connectivity index (χ2v) is 5.95. The molecule has 1 aliphatic carbocycles. The van der Waals surface area contributed by atoms with Crippen molar-refractivity contribution in [2.75, 3.05) is 26.7 Å². The summed E-state index contributed by atoms with van der Waals surface area (Å²) in [5.74, 6) is 0.327. The van der Waals surface area contributed by atoms with Gasteiger partial charge >= 0.3 is 0 Å². The van der Waals surface area contributed by atoms with Gasteiger partial charge in [-0.25, -0.2) is 0 Å². The molecule has 0 aromatic heterocycles. The van der Waals surface area contributed by atoms with Crippen LogP contribution in [0.5, 0.6) is 5.75 Å². The van der Waals surface area contributed by atoms with E-state index in [1.54, 1.807) is 7.11 Å². The summed E-state index contributed by atoms with van der Waals surface area (Å²) in [7, 11) is 1.67. The Morgan fingerprint density at radius 2 is 1.83 bits per heavy atom. The Balaban J connectivity index is 0.00000288. The molecule has 7 heteroatoms. The van der Waals surface area contributed by atoms with E-state index in [0.29, 0.717) is 6.54 Å². The summed E-state index contributed by atoms with van der Waals surface area (Å²) in [5.41, 5.74) is 6.25. The van der Waals surface area contributed by atoms with Crippen molar-refractivity contribution in [3.05, 3.63) is 29.8 Å². The van der Waals surface area contributed by atoms with E-state index in [4.69, 9.17) is 10.5 Å². The van der Waals surface area contributed by atoms with Crippen LogP contribution in [0.2, 0.25) is 0 Å². The van der Waals surface area contributed by atoms with E-state index in [2.05, 4.69) is 16.7 Å². The van der Waals surface area contributed by atoms with Crippen molar-refractivity contribution in [3.63, 3.8) is 0 Å². The number of para-hydroxylation sites is 1. The molecule has 2 rings (SSSR count). The molecule has 1 aromatic rings. The van der Waals surface area contributed by atoms with Gasteiger partial charge < -0.3 is 21.1 Å². The van der Waals surface area contributed by atoms with Gasteiger partial charge in [-0.3, -0.25) is 9.59 Å². The molecule has 0 saturated heterocycles. The maximum absolute atomic E-state index is 12.0. The van der Waals surface area contributed by atoms with Gasteiger partial charge in [0.25, 0.3) is 0 Å². The van der Waals surface area contributed by atoms with Gasteiger partial charge in [-0.15, -0.1) is 12.4 Å². The average molecular weight is 356 g/mol. The fourth-order valence-corrected chi connectivity index (χ4v) is 3.26. The first-order valence-corrected chi connectivity index (χ1v) is 7.98. The van der Waals surface area contributed by atoms with E-state index < -0.39 is 0 Å². The summed E-state index contributed by atoms with van der Waals surface area (Å²) in [6.07, 6.45) is 4.31. The van der Waals surface area contributed by atoms with E-state index >= 15 is 0 Å². The molecule has 0 radical (unpaired) electrons. The summed E-state index contributed by atoms with van der Waals surface area (Å²) in [5, 5.41) is 5.43. The van der Waals surface area contributed by atoms with Gasteiger partial charge in [-0.1, -0.05) is 31.0 Å². The van der Waals surface area contributed by atoms with Crippen LogP contribution in [0.1, 0.15) is 31.2 Å². The molecule has 0 heterocycles. The molecule has 24 heavy (non-hydrogen) atoms. The number of amides is 2. The van der Waals surface area contributed by atoms with Crippen molar-refractivity contribution in [1.29, 1.82) is 0 Å². The topological polar surface area (TPSA) is 93.5 Å². The van der Waals surface area contributed by atoms with Crippen LogP contribution >= 0.6 is 12.4 Å². The van der Waals surface area contributed by atoms with E-state index in [9.17, 15) is 9.59 Å². The number of benzene rings is 1. The second-order valence-electron chi connectivity index (χ2n) is 5.95. The number of nitrogens with two attached hydrogens (primary N) is 1. The Kier molecular flexibility index (Phi) is 8.01. The van der Waals surface area contributed by atoms with Crippen LogP contribution in [-0.2, 0) is 15.0 Å². The maximum Gasteiger partial charge on any atom is 0.239 e. The Morgan fingerprint density at radius 1 is 1.17 bits per heavy atom. The van der Waals surface area contributed by atoms with E-state index in [1.165, 1.54) is 0 Å². The highest BCUT2D eigenvalue weighted by atomic mass is 35.5. The lowest BCUT2D eigenvalue weighted by atomic mass is 9.78. The molecule has 1 fully saturated rings. The highest BCUT2D eigenvalue weighted by Gasteiger charge is 2.37. The molecule has 134 valence electrons. The smallest absolute Gasteiger partial charge is 0.239 e. The second kappa shape index (κ2) is 9.49. The average Bonchev–Trinajstić information content (AvgIpc) is 3.07. The van der Waals surface area contributed by atoms with E-state index in [1.807, 2.05) is 18.2 Å².